The fourth-order valence-electron chi connectivity index (χ4n) is 2.34. The molecule has 5 nitrogen and oxygen atoms in total. The van der Waals surface area contributed by atoms with Crippen molar-refractivity contribution < 1.29 is 9.53 Å². The molecule has 110 valence electrons. The number of anilines is 1. The maximum absolute atomic E-state index is 12.4. The van der Waals surface area contributed by atoms with Crippen molar-refractivity contribution in [3.8, 4) is 0 Å². The normalized spacial score (nSPS) is 18.7. The molecule has 21 heavy (non-hydrogen) atoms. The summed E-state index contributed by atoms with van der Waals surface area (Å²) in [5.41, 5.74) is 7.34. The van der Waals surface area contributed by atoms with Crippen molar-refractivity contribution in [2.75, 3.05) is 25.4 Å². The lowest BCUT2D eigenvalue weighted by Crippen LogP contribution is -2.42. The second-order valence-electron chi connectivity index (χ2n) is 4.99. The number of nitrogens with two attached hydrogens (primary N) is 1. The van der Waals surface area contributed by atoms with Crippen LogP contribution in [0.1, 0.15) is 16.7 Å². The van der Waals surface area contributed by atoms with Gasteiger partial charge in [-0.1, -0.05) is 12.1 Å². The van der Waals surface area contributed by atoms with Crippen LogP contribution in [0.5, 0.6) is 0 Å². The van der Waals surface area contributed by atoms with Gasteiger partial charge in [0.05, 0.1) is 19.6 Å². The first-order valence-electron chi connectivity index (χ1n) is 6.85. The largest absolute Gasteiger partial charge is 0.399 e. The SMILES string of the molecule is Nc1ccc(CC(=O)N2CCOC(c3nccs3)C2)cc1. The van der Waals surface area contributed by atoms with E-state index >= 15 is 0 Å². The van der Waals surface area contributed by atoms with Gasteiger partial charge in [-0.05, 0) is 17.7 Å². The number of ether oxygens (including phenoxy) is 1. The van der Waals surface area contributed by atoms with Crippen LogP contribution >= 0.6 is 11.3 Å². The summed E-state index contributed by atoms with van der Waals surface area (Å²) < 4.78 is 5.71. The van der Waals surface area contributed by atoms with Gasteiger partial charge in [-0.25, -0.2) is 4.98 Å². The van der Waals surface area contributed by atoms with E-state index in [1.807, 2.05) is 34.5 Å². The highest BCUT2D eigenvalue weighted by Crippen LogP contribution is 2.24. The molecular formula is C15H17N3O2S. The molecule has 6 heteroatoms. The maximum Gasteiger partial charge on any atom is 0.227 e. The Morgan fingerprint density at radius 3 is 2.95 bits per heavy atom. The molecule has 0 radical (unpaired) electrons. The van der Waals surface area contributed by atoms with Crippen LogP contribution in [-0.4, -0.2) is 35.5 Å². The number of hydrogen-bond acceptors (Lipinski definition) is 5. The topological polar surface area (TPSA) is 68.5 Å². The van der Waals surface area contributed by atoms with Crippen molar-refractivity contribution in [3.63, 3.8) is 0 Å². The highest BCUT2D eigenvalue weighted by Gasteiger charge is 2.26. The number of rotatable bonds is 3. The Kier molecular flexibility index (Phi) is 4.17. The van der Waals surface area contributed by atoms with Crippen molar-refractivity contribution in [1.82, 2.24) is 9.88 Å². The first-order chi connectivity index (χ1) is 10.2. The lowest BCUT2D eigenvalue weighted by molar-refractivity contribution is -0.138. The molecule has 1 aliphatic heterocycles. The van der Waals surface area contributed by atoms with Gasteiger partial charge >= 0.3 is 0 Å². The zero-order valence-electron chi connectivity index (χ0n) is 11.6. The lowest BCUT2D eigenvalue weighted by atomic mass is 10.1. The van der Waals surface area contributed by atoms with Crippen LogP contribution in [0.2, 0.25) is 0 Å². The van der Waals surface area contributed by atoms with Gasteiger partial charge in [0.1, 0.15) is 11.1 Å². The number of carbonyl (C=O) groups is 1. The van der Waals surface area contributed by atoms with E-state index in [1.54, 1.807) is 17.5 Å². The summed E-state index contributed by atoms with van der Waals surface area (Å²) in [6.07, 6.45) is 2.05. The van der Waals surface area contributed by atoms with E-state index in [4.69, 9.17) is 10.5 Å². The van der Waals surface area contributed by atoms with Gasteiger partial charge in [0.15, 0.2) is 0 Å². The first kappa shape index (κ1) is 14.0. The fraction of sp³-hybridized carbons (Fsp3) is 0.333. The van der Waals surface area contributed by atoms with Gasteiger partial charge in [0.25, 0.3) is 0 Å². The highest BCUT2D eigenvalue weighted by molar-refractivity contribution is 7.09. The monoisotopic (exact) mass is 303 g/mol. The Morgan fingerprint density at radius 1 is 1.43 bits per heavy atom. The van der Waals surface area contributed by atoms with E-state index in [-0.39, 0.29) is 12.0 Å². The number of thiazole rings is 1. The Labute approximate surface area is 127 Å². The number of aromatic nitrogens is 1. The molecule has 1 atom stereocenters. The standard InChI is InChI=1S/C15H17N3O2S/c16-12-3-1-11(2-4-12)9-14(19)18-6-7-20-13(10-18)15-17-5-8-21-15/h1-5,8,13H,6-7,9-10,16H2. The van der Waals surface area contributed by atoms with Crippen LogP contribution < -0.4 is 5.73 Å². The van der Waals surface area contributed by atoms with E-state index in [1.165, 1.54) is 0 Å². The molecule has 1 amide bonds. The van der Waals surface area contributed by atoms with Crippen LogP contribution in [0.3, 0.4) is 0 Å². The van der Waals surface area contributed by atoms with Crippen molar-refractivity contribution in [3.05, 3.63) is 46.4 Å². The molecular weight excluding hydrogens is 286 g/mol. The third-order valence-electron chi connectivity index (χ3n) is 3.48. The predicted octanol–water partition coefficient (Wildman–Crippen LogP) is 1.87. The number of nitrogens with zero attached hydrogens (tertiary/aromatic N) is 2. The van der Waals surface area contributed by atoms with Crippen molar-refractivity contribution in [1.29, 1.82) is 0 Å². The average molecular weight is 303 g/mol. The Morgan fingerprint density at radius 2 is 2.24 bits per heavy atom. The van der Waals surface area contributed by atoms with E-state index in [0.717, 1.165) is 10.6 Å². The lowest BCUT2D eigenvalue weighted by Gasteiger charge is -2.32. The van der Waals surface area contributed by atoms with Gasteiger partial charge in [-0.3, -0.25) is 4.79 Å². The molecule has 1 aromatic carbocycles. The first-order valence-corrected chi connectivity index (χ1v) is 7.73. The molecule has 0 saturated carbocycles. The van der Waals surface area contributed by atoms with E-state index < -0.39 is 0 Å². The van der Waals surface area contributed by atoms with Crippen molar-refractivity contribution in [2.24, 2.45) is 0 Å². The van der Waals surface area contributed by atoms with Crippen LogP contribution in [0, 0.1) is 0 Å². The Hall–Kier alpha value is -1.92. The molecule has 1 unspecified atom stereocenters. The number of benzene rings is 1. The quantitative estimate of drug-likeness (QED) is 0.879. The predicted molar refractivity (Wildman–Crippen MR) is 81.9 cm³/mol. The van der Waals surface area contributed by atoms with E-state index in [2.05, 4.69) is 4.98 Å². The number of carbonyl (C=O) groups excluding carboxylic acids is 1. The van der Waals surface area contributed by atoms with Crippen LogP contribution in [0.15, 0.2) is 35.8 Å². The van der Waals surface area contributed by atoms with Gasteiger partial charge in [-0.2, -0.15) is 0 Å². The summed E-state index contributed by atoms with van der Waals surface area (Å²) in [4.78, 5) is 18.5. The number of morpholine rings is 1. The molecule has 1 fully saturated rings. The second-order valence-corrected chi connectivity index (χ2v) is 5.91. The zero-order chi connectivity index (χ0) is 14.7. The van der Waals surface area contributed by atoms with Crippen molar-refractivity contribution in [2.45, 2.75) is 12.5 Å². The summed E-state index contributed by atoms with van der Waals surface area (Å²) in [6, 6.07) is 7.43. The zero-order valence-corrected chi connectivity index (χ0v) is 12.4. The van der Waals surface area contributed by atoms with Crippen LogP contribution in [-0.2, 0) is 16.0 Å². The summed E-state index contributed by atoms with van der Waals surface area (Å²) in [5.74, 6) is 0.115. The molecule has 2 aromatic rings. The molecule has 1 aliphatic rings. The third-order valence-corrected chi connectivity index (χ3v) is 4.35. The molecule has 0 spiro atoms. The van der Waals surface area contributed by atoms with Gasteiger partial charge in [0, 0.05) is 23.8 Å². The molecule has 1 aromatic heterocycles. The minimum atomic E-state index is -0.103. The van der Waals surface area contributed by atoms with Gasteiger partial charge in [-0.15, -0.1) is 11.3 Å². The van der Waals surface area contributed by atoms with Crippen LogP contribution in [0.4, 0.5) is 5.69 Å². The molecule has 3 rings (SSSR count). The van der Waals surface area contributed by atoms with Gasteiger partial charge < -0.3 is 15.4 Å². The summed E-state index contributed by atoms with van der Waals surface area (Å²) in [7, 11) is 0. The minimum absolute atomic E-state index is 0.103. The summed E-state index contributed by atoms with van der Waals surface area (Å²) in [5, 5.41) is 2.85. The highest BCUT2D eigenvalue weighted by atomic mass is 32.1. The number of hydrogen-bond donors (Lipinski definition) is 1. The third kappa shape index (κ3) is 3.40. The summed E-state index contributed by atoms with van der Waals surface area (Å²) in [6.45, 7) is 1.76. The van der Waals surface area contributed by atoms with Gasteiger partial charge in [0.2, 0.25) is 5.91 Å². The molecule has 1 saturated heterocycles. The second kappa shape index (κ2) is 6.24. The fourth-order valence-corrected chi connectivity index (χ4v) is 3.02. The smallest absolute Gasteiger partial charge is 0.227 e. The summed E-state index contributed by atoms with van der Waals surface area (Å²) >= 11 is 1.56. The Balaban J connectivity index is 1.63. The Bertz CT molecular complexity index is 598. The van der Waals surface area contributed by atoms with Crippen LogP contribution in [0.25, 0.3) is 0 Å². The number of nitrogen functional groups attached to an aromatic ring is 1. The molecule has 0 bridgehead atoms. The molecule has 2 heterocycles. The average Bonchev–Trinajstić information content (AvgIpc) is 3.04. The number of amides is 1. The molecule has 0 aliphatic carbocycles. The van der Waals surface area contributed by atoms with E-state index in [0.29, 0.717) is 31.8 Å². The maximum atomic E-state index is 12.4. The molecule has 2 N–H and O–H groups in total. The van der Waals surface area contributed by atoms with E-state index in [9.17, 15) is 4.79 Å². The van der Waals surface area contributed by atoms with Crippen molar-refractivity contribution >= 4 is 22.9 Å². The minimum Gasteiger partial charge on any atom is -0.399 e.